The molecule has 0 atom stereocenters. The van der Waals surface area contributed by atoms with Gasteiger partial charge in [0.05, 0.1) is 26.1 Å². The van der Waals surface area contributed by atoms with Gasteiger partial charge in [-0.15, -0.1) is 22.7 Å². The molecule has 0 N–H and O–H groups in total. The van der Waals surface area contributed by atoms with Crippen molar-refractivity contribution in [2.24, 2.45) is 0 Å². The molecule has 2 nitrogen and oxygen atoms in total. The molecule has 0 amide bonds. The Morgan fingerprint density at radius 1 is 0.373 bits per heavy atom. The minimum absolute atomic E-state index is 0.819. The number of thiophene rings is 2. The maximum Gasteiger partial charge on any atom is 0.171 e. The molecule has 0 unspecified atom stereocenters. The number of hydrogen-bond acceptors (Lipinski definition) is 3. The van der Waals surface area contributed by atoms with Crippen molar-refractivity contribution in [3.8, 4) is 16.8 Å². The maximum atomic E-state index is 15.8. The van der Waals surface area contributed by atoms with Crippen LogP contribution >= 0.6 is 29.8 Å². The van der Waals surface area contributed by atoms with Gasteiger partial charge in [-0.05, 0) is 68.4 Å². The molecule has 10 aromatic carbocycles. The predicted octanol–water partition coefficient (Wildman–Crippen LogP) is 14.6. The van der Waals surface area contributed by atoms with Crippen molar-refractivity contribution in [3.05, 3.63) is 194 Å². The fraction of sp³-hybridized carbons (Fsp3) is 0. The van der Waals surface area contributed by atoms with E-state index in [1.54, 1.807) is 0 Å². The topological polar surface area (TPSA) is 22.0 Å². The molecule has 0 saturated carbocycles. The van der Waals surface area contributed by atoms with Gasteiger partial charge in [0, 0.05) is 52.2 Å². The van der Waals surface area contributed by atoms with E-state index in [-0.39, 0.29) is 0 Å². The lowest BCUT2D eigenvalue weighted by Crippen LogP contribution is -2.25. The molecule has 0 aliphatic heterocycles. The highest BCUT2D eigenvalue weighted by Crippen LogP contribution is 2.47. The Bertz CT molecular complexity index is 3820. The standard InChI is InChI=1S/C54H32NOPS2/c56-57(38-12-3-1-4-13-38,39-14-5-2-6-15-39)40-24-28-42-41-25-21-36(37-22-27-45-50(31-37)59-53-44-16-7-8-17-49(44)58-54(45)53)30-47(41)55(48(42)32-40)46-29-23-35-19-18-33-10-9-11-34-20-26-43(46)52(35)51(33)34/h1-32H. The highest BCUT2D eigenvalue weighted by Gasteiger charge is 2.31. The number of nitrogens with zero attached hydrogens (tertiary/aromatic N) is 1. The Labute approximate surface area is 347 Å². The Hall–Kier alpha value is -6.55. The number of rotatable bonds is 5. The van der Waals surface area contributed by atoms with Gasteiger partial charge in [-0.2, -0.15) is 0 Å². The molecular weight excluding hydrogens is 774 g/mol. The van der Waals surface area contributed by atoms with Gasteiger partial charge in [0.15, 0.2) is 7.14 Å². The molecule has 0 radical (unpaired) electrons. The monoisotopic (exact) mass is 805 g/mol. The van der Waals surface area contributed by atoms with E-state index in [0.717, 1.165) is 38.0 Å². The summed E-state index contributed by atoms with van der Waals surface area (Å²) in [5, 5.41) is 14.9. The number of fused-ring (bicyclic) bond motifs is 8. The van der Waals surface area contributed by atoms with Gasteiger partial charge in [0.1, 0.15) is 0 Å². The molecule has 0 aliphatic rings. The average Bonchev–Trinajstić information content (AvgIpc) is 3.95. The van der Waals surface area contributed by atoms with E-state index in [9.17, 15) is 0 Å². The van der Waals surface area contributed by atoms with Gasteiger partial charge in [-0.3, -0.25) is 0 Å². The van der Waals surface area contributed by atoms with Crippen LogP contribution in [0.3, 0.4) is 0 Å². The second-order valence-corrected chi connectivity index (χ2v) is 20.4. The molecule has 5 heteroatoms. The summed E-state index contributed by atoms with van der Waals surface area (Å²) < 4.78 is 23.7. The zero-order valence-electron chi connectivity index (χ0n) is 31.6. The zero-order chi connectivity index (χ0) is 38.8. The van der Waals surface area contributed by atoms with Crippen LogP contribution in [0.5, 0.6) is 0 Å². The van der Waals surface area contributed by atoms with Crippen LogP contribution in [-0.4, -0.2) is 4.57 Å². The van der Waals surface area contributed by atoms with Crippen molar-refractivity contribution >= 4 is 129 Å². The summed E-state index contributed by atoms with van der Waals surface area (Å²) in [7, 11) is -3.25. The molecule has 3 aromatic heterocycles. The van der Waals surface area contributed by atoms with Crippen LogP contribution in [0.15, 0.2) is 194 Å². The molecule has 0 fully saturated rings. The van der Waals surface area contributed by atoms with Gasteiger partial charge in [0.2, 0.25) is 0 Å². The van der Waals surface area contributed by atoms with Crippen LogP contribution < -0.4 is 15.9 Å². The summed E-state index contributed by atoms with van der Waals surface area (Å²) in [5.74, 6) is 0. The summed E-state index contributed by atoms with van der Waals surface area (Å²) >= 11 is 3.79. The van der Waals surface area contributed by atoms with Crippen molar-refractivity contribution in [2.45, 2.75) is 0 Å². The fourth-order valence-electron chi connectivity index (χ4n) is 9.66. The lowest BCUT2D eigenvalue weighted by Gasteiger charge is -2.21. The van der Waals surface area contributed by atoms with Crippen LogP contribution in [-0.2, 0) is 4.57 Å². The Balaban J connectivity index is 1.10. The molecule has 276 valence electrons. The molecular formula is C54H32NOPS2. The van der Waals surface area contributed by atoms with Gasteiger partial charge < -0.3 is 9.13 Å². The summed E-state index contributed by atoms with van der Waals surface area (Å²) in [5.41, 5.74) is 5.64. The number of aromatic nitrogens is 1. The Kier molecular flexibility index (Phi) is 7.07. The maximum absolute atomic E-state index is 15.8. The first kappa shape index (κ1) is 33.4. The smallest absolute Gasteiger partial charge is 0.171 e. The molecule has 0 saturated heterocycles. The molecule has 0 spiro atoms. The minimum atomic E-state index is -3.25. The summed E-state index contributed by atoms with van der Waals surface area (Å²) in [4.78, 5) is 0. The van der Waals surface area contributed by atoms with E-state index in [2.05, 4.69) is 138 Å². The predicted molar refractivity (Wildman–Crippen MR) is 258 cm³/mol. The zero-order valence-corrected chi connectivity index (χ0v) is 34.1. The van der Waals surface area contributed by atoms with E-state index in [4.69, 9.17) is 0 Å². The van der Waals surface area contributed by atoms with Crippen LogP contribution in [0, 0.1) is 0 Å². The minimum Gasteiger partial charge on any atom is -0.309 e. The molecule has 0 bridgehead atoms. The van der Waals surface area contributed by atoms with Crippen LogP contribution in [0.4, 0.5) is 0 Å². The van der Waals surface area contributed by atoms with E-state index < -0.39 is 7.14 Å². The van der Waals surface area contributed by atoms with Crippen molar-refractivity contribution in [3.63, 3.8) is 0 Å². The van der Waals surface area contributed by atoms with Crippen LogP contribution in [0.2, 0.25) is 0 Å². The highest BCUT2D eigenvalue weighted by atomic mass is 32.1. The lowest BCUT2D eigenvalue weighted by atomic mass is 9.93. The van der Waals surface area contributed by atoms with Gasteiger partial charge in [-0.1, -0.05) is 164 Å². The Morgan fingerprint density at radius 3 is 1.66 bits per heavy atom. The quantitative estimate of drug-likeness (QED) is 0.125. The third kappa shape index (κ3) is 4.77. The lowest BCUT2D eigenvalue weighted by molar-refractivity contribution is 0.592. The van der Waals surface area contributed by atoms with E-state index in [1.807, 2.05) is 83.3 Å². The third-order valence-electron chi connectivity index (χ3n) is 12.4. The number of benzene rings is 10. The summed E-state index contributed by atoms with van der Waals surface area (Å²) in [6.07, 6.45) is 0. The first-order valence-electron chi connectivity index (χ1n) is 19.9. The van der Waals surface area contributed by atoms with Crippen LogP contribution in [0.25, 0.3) is 101 Å². The van der Waals surface area contributed by atoms with Crippen molar-refractivity contribution in [2.75, 3.05) is 0 Å². The van der Waals surface area contributed by atoms with Gasteiger partial charge in [-0.25, -0.2) is 0 Å². The highest BCUT2D eigenvalue weighted by molar-refractivity contribution is 7.85. The van der Waals surface area contributed by atoms with Crippen LogP contribution in [0.1, 0.15) is 0 Å². The van der Waals surface area contributed by atoms with E-state index in [0.29, 0.717) is 0 Å². The third-order valence-corrected chi connectivity index (χ3v) is 18.0. The molecule has 59 heavy (non-hydrogen) atoms. The number of hydrogen-bond donors (Lipinski definition) is 0. The fourth-order valence-corrected chi connectivity index (χ4v) is 15.0. The molecule has 13 rings (SSSR count). The average molecular weight is 806 g/mol. The summed E-state index contributed by atoms with van der Waals surface area (Å²) in [6, 6.07) is 69.4. The van der Waals surface area contributed by atoms with Crippen molar-refractivity contribution in [1.29, 1.82) is 0 Å². The van der Waals surface area contributed by atoms with Gasteiger partial charge >= 0.3 is 0 Å². The van der Waals surface area contributed by atoms with Crippen molar-refractivity contribution < 1.29 is 4.57 Å². The first-order valence-corrected chi connectivity index (χ1v) is 23.3. The molecule has 13 aromatic rings. The Morgan fingerprint density at radius 2 is 0.915 bits per heavy atom. The normalized spacial score (nSPS) is 12.5. The van der Waals surface area contributed by atoms with E-state index in [1.165, 1.54) is 78.4 Å². The second-order valence-electron chi connectivity index (χ2n) is 15.6. The largest absolute Gasteiger partial charge is 0.309 e. The molecule has 3 heterocycles. The molecule has 0 aliphatic carbocycles. The SMILES string of the molecule is O=P(c1ccccc1)(c1ccccc1)c1ccc2c3ccc(-c4ccc5c(c4)sc4c6ccccc6sc54)cc3n(-c3ccc4ccc5cccc6ccc3c4c56)c2c1. The first-order chi connectivity index (χ1) is 29.1. The van der Waals surface area contributed by atoms with Crippen molar-refractivity contribution in [1.82, 2.24) is 4.57 Å². The van der Waals surface area contributed by atoms with Gasteiger partial charge in [0.25, 0.3) is 0 Å². The second kappa shape index (κ2) is 12.5. The van der Waals surface area contributed by atoms with E-state index >= 15 is 4.57 Å². The summed E-state index contributed by atoms with van der Waals surface area (Å²) in [6.45, 7) is 0.